The largest absolute Gasteiger partial charge is 0.472 e. The Morgan fingerprint density at radius 1 is 0.449 bits per heavy atom. The normalized spacial score (nSPS) is 13.9. The fourth-order valence-corrected chi connectivity index (χ4v) is 10.5. The Balaban J connectivity index is 5.04. The molecule has 0 rings (SSSR count). The minimum atomic E-state index is -4.45. The van der Waals surface area contributed by atoms with Crippen LogP contribution in [0.1, 0.15) is 323 Å². The summed E-state index contributed by atoms with van der Waals surface area (Å²) >= 11 is 0. The molecular weight excluding hydrogens is 988 g/mol. The average Bonchev–Trinajstić information content (AvgIpc) is 3.41. The van der Waals surface area contributed by atoms with Gasteiger partial charge < -0.3 is 19.4 Å². The summed E-state index contributed by atoms with van der Waals surface area (Å²) in [6, 6.07) is -0.851. The molecule has 0 aliphatic rings. The van der Waals surface area contributed by atoms with Gasteiger partial charge in [0.15, 0.2) is 0 Å². The number of rotatable bonds is 61. The highest BCUT2D eigenvalue weighted by atomic mass is 31.2. The van der Waals surface area contributed by atoms with Crippen molar-refractivity contribution in [2.24, 2.45) is 0 Å². The van der Waals surface area contributed by atoms with Crippen LogP contribution in [0.4, 0.5) is 0 Å². The zero-order chi connectivity index (χ0) is 57.2. The first-order chi connectivity index (χ1) is 37.9. The number of phosphoric acid groups is 1. The quantitative estimate of drug-likeness (QED) is 0.0205. The molecule has 458 valence electrons. The second-order valence-electron chi connectivity index (χ2n) is 24.0. The number of nitrogens with one attached hydrogen (secondary N) is 1. The molecule has 9 nitrogen and oxygen atoms in total. The van der Waals surface area contributed by atoms with Crippen LogP contribution in [0.5, 0.6) is 0 Å². The fourth-order valence-electron chi connectivity index (χ4n) is 9.79. The molecule has 0 fully saturated rings. The van der Waals surface area contributed by atoms with Crippen LogP contribution in [-0.4, -0.2) is 74.3 Å². The van der Waals surface area contributed by atoms with Gasteiger partial charge in [0.1, 0.15) is 19.3 Å². The number of carbonyl (C=O) groups is 2. The molecule has 0 bridgehead atoms. The maximum absolute atomic E-state index is 13.5. The van der Waals surface area contributed by atoms with Crippen LogP contribution in [0.25, 0.3) is 0 Å². The lowest BCUT2D eigenvalue weighted by molar-refractivity contribution is -0.870. The standard InChI is InChI=1S/C68H129N2O7P/c1-7-10-13-16-19-22-25-27-29-31-32-33-34-35-36-37-38-39-41-43-46-49-52-55-58-61-68(72)77-66(59-56-53-50-47-44-24-21-18-15-12-9-3)65(64-76-78(73,74)75-63-62-70(4,5)6)69-67(71)60-57-54-51-48-45-42-40-30-28-26-23-20-17-14-11-8-2/h19,22,27,29-30,40,56,59,65-66H,7-18,20-21,23-26,28,31-39,41-55,57-58,60-64H2,1-6H3,(H-,69,71,73,74)/p+1/b22-19-,29-27-,40-30+,59-56-. The van der Waals surface area contributed by atoms with Gasteiger partial charge in [-0.3, -0.25) is 18.6 Å². The lowest BCUT2D eigenvalue weighted by Crippen LogP contribution is -2.47. The van der Waals surface area contributed by atoms with Crippen molar-refractivity contribution in [3.8, 4) is 0 Å². The van der Waals surface area contributed by atoms with Gasteiger partial charge in [-0.2, -0.15) is 0 Å². The lowest BCUT2D eigenvalue weighted by atomic mass is 10.0. The molecule has 0 saturated heterocycles. The SMILES string of the molecule is CCCCC/C=C\C/C=C\CCCCCCCCCCCCCCCCCC(=O)OC(/C=C\CCCCCCCCCCC)C(COP(=O)(O)OCC[N+](C)(C)C)NC(=O)CCCCCCC/C=C/CCCCCCCCC. The number of ether oxygens (including phenoxy) is 1. The monoisotopic (exact) mass is 1120 g/mol. The van der Waals surface area contributed by atoms with Gasteiger partial charge in [0.2, 0.25) is 5.91 Å². The molecule has 0 heterocycles. The van der Waals surface area contributed by atoms with E-state index in [1.54, 1.807) is 0 Å². The van der Waals surface area contributed by atoms with E-state index in [1.807, 2.05) is 33.3 Å². The number of unbranched alkanes of at least 4 members (excludes halogenated alkanes) is 39. The number of nitrogens with zero attached hydrogens (tertiary/aromatic N) is 1. The van der Waals surface area contributed by atoms with Crippen LogP contribution in [0.3, 0.4) is 0 Å². The molecule has 0 aromatic carbocycles. The Morgan fingerprint density at radius 3 is 1.19 bits per heavy atom. The number of allylic oxidation sites excluding steroid dienone is 7. The van der Waals surface area contributed by atoms with Crippen molar-refractivity contribution < 1.29 is 37.3 Å². The minimum Gasteiger partial charge on any atom is -0.456 e. The number of hydrogen-bond acceptors (Lipinski definition) is 6. The first kappa shape index (κ1) is 76.0. The third kappa shape index (κ3) is 58.6. The van der Waals surface area contributed by atoms with E-state index < -0.39 is 20.0 Å². The Labute approximate surface area is 484 Å². The van der Waals surface area contributed by atoms with E-state index in [0.29, 0.717) is 23.9 Å². The van der Waals surface area contributed by atoms with Crippen LogP contribution < -0.4 is 5.32 Å². The summed E-state index contributed by atoms with van der Waals surface area (Å²) in [7, 11) is 1.50. The van der Waals surface area contributed by atoms with E-state index in [9.17, 15) is 19.0 Å². The smallest absolute Gasteiger partial charge is 0.456 e. The summed E-state index contributed by atoms with van der Waals surface area (Å²) in [4.78, 5) is 37.8. The Kier molecular flexibility index (Phi) is 56.7. The maximum Gasteiger partial charge on any atom is 0.472 e. The van der Waals surface area contributed by atoms with Crippen LogP contribution in [0.15, 0.2) is 48.6 Å². The lowest BCUT2D eigenvalue weighted by Gasteiger charge is -2.27. The van der Waals surface area contributed by atoms with Crippen LogP contribution in [0.2, 0.25) is 0 Å². The number of quaternary nitrogens is 1. The molecule has 0 aliphatic carbocycles. The third-order valence-corrected chi connectivity index (χ3v) is 16.0. The van der Waals surface area contributed by atoms with E-state index in [0.717, 1.165) is 83.5 Å². The number of likely N-dealkylation sites (N-methyl/N-ethyl adjacent to an activating group) is 1. The van der Waals surface area contributed by atoms with Gasteiger partial charge in [0, 0.05) is 12.8 Å². The highest BCUT2D eigenvalue weighted by Gasteiger charge is 2.30. The first-order valence-electron chi connectivity index (χ1n) is 33.5. The summed E-state index contributed by atoms with van der Waals surface area (Å²) < 4.78 is 30.7. The van der Waals surface area contributed by atoms with Gasteiger partial charge in [-0.1, -0.05) is 269 Å². The summed E-state index contributed by atoms with van der Waals surface area (Å²) in [6.45, 7) is 7.01. The van der Waals surface area contributed by atoms with Crippen LogP contribution in [0, 0.1) is 0 Å². The number of phosphoric ester groups is 1. The molecule has 10 heteroatoms. The van der Waals surface area contributed by atoms with Gasteiger partial charge in [-0.15, -0.1) is 0 Å². The summed E-state index contributed by atoms with van der Waals surface area (Å²) in [5.74, 6) is -0.504. The zero-order valence-corrected chi connectivity index (χ0v) is 53.3. The molecule has 3 unspecified atom stereocenters. The molecular formula is C68H130N2O7P+. The van der Waals surface area contributed by atoms with E-state index in [2.05, 4.69) is 62.5 Å². The van der Waals surface area contributed by atoms with Crippen LogP contribution >= 0.6 is 7.82 Å². The van der Waals surface area contributed by atoms with Crippen molar-refractivity contribution in [1.82, 2.24) is 5.32 Å². The van der Waals surface area contributed by atoms with Gasteiger partial charge in [0.25, 0.3) is 0 Å². The molecule has 0 aliphatic heterocycles. The second-order valence-corrected chi connectivity index (χ2v) is 25.4. The number of esters is 1. The van der Waals surface area contributed by atoms with Crippen molar-refractivity contribution in [3.05, 3.63) is 48.6 Å². The Bertz CT molecular complexity index is 1470. The predicted octanol–water partition coefficient (Wildman–Crippen LogP) is 20.8. The van der Waals surface area contributed by atoms with Gasteiger partial charge in [-0.05, 0) is 89.5 Å². The summed E-state index contributed by atoms with van der Waals surface area (Å²) in [6.07, 6.45) is 72.6. The summed E-state index contributed by atoms with van der Waals surface area (Å²) in [5.41, 5.74) is 0. The zero-order valence-electron chi connectivity index (χ0n) is 52.4. The van der Waals surface area contributed by atoms with Gasteiger partial charge >= 0.3 is 13.8 Å². The number of amides is 1. The van der Waals surface area contributed by atoms with Gasteiger partial charge in [-0.25, -0.2) is 4.57 Å². The van der Waals surface area contributed by atoms with Crippen molar-refractivity contribution in [1.29, 1.82) is 0 Å². The fraction of sp³-hybridized carbons (Fsp3) is 0.853. The Hall–Kier alpha value is -2.03. The third-order valence-electron chi connectivity index (χ3n) is 15.0. The maximum atomic E-state index is 13.5. The Morgan fingerprint density at radius 2 is 0.782 bits per heavy atom. The molecule has 3 atom stereocenters. The molecule has 2 N–H and O–H groups in total. The summed E-state index contributed by atoms with van der Waals surface area (Å²) in [5, 5.41) is 3.06. The van der Waals surface area contributed by atoms with E-state index in [-0.39, 0.29) is 25.1 Å². The molecule has 0 saturated carbocycles. The van der Waals surface area contributed by atoms with Crippen molar-refractivity contribution in [3.63, 3.8) is 0 Å². The molecule has 1 amide bonds. The molecule has 0 aromatic heterocycles. The first-order valence-corrected chi connectivity index (χ1v) is 35.0. The molecule has 78 heavy (non-hydrogen) atoms. The van der Waals surface area contributed by atoms with Gasteiger partial charge in [0.05, 0.1) is 33.8 Å². The van der Waals surface area contributed by atoms with E-state index >= 15 is 0 Å². The number of hydrogen-bond donors (Lipinski definition) is 2. The number of carbonyl (C=O) groups excluding carboxylic acids is 2. The van der Waals surface area contributed by atoms with Crippen LogP contribution in [-0.2, 0) is 27.9 Å². The second kappa shape index (κ2) is 58.2. The van der Waals surface area contributed by atoms with Crippen molar-refractivity contribution in [2.75, 3.05) is 40.9 Å². The minimum absolute atomic E-state index is 0.0398. The van der Waals surface area contributed by atoms with Crippen molar-refractivity contribution in [2.45, 2.75) is 335 Å². The van der Waals surface area contributed by atoms with E-state index in [1.165, 1.54) is 205 Å². The van der Waals surface area contributed by atoms with E-state index in [4.69, 9.17) is 13.8 Å². The average molecular weight is 1120 g/mol. The highest BCUT2D eigenvalue weighted by molar-refractivity contribution is 7.47. The molecule has 0 spiro atoms. The predicted molar refractivity (Wildman–Crippen MR) is 337 cm³/mol. The topological polar surface area (TPSA) is 111 Å². The molecule has 0 radical (unpaired) electrons. The van der Waals surface area contributed by atoms with Crippen molar-refractivity contribution >= 4 is 19.7 Å². The molecule has 0 aromatic rings. The highest BCUT2D eigenvalue weighted by Crippen LogP contribution is 2.43.